The first kappa shape index (κ1) is 13.2. The van der Waals surface area contributed by atoms with Gasteiger partial charge in [-0.25, -0.2) is 0 Å². The van der Waals surface area contributed by atoms with Crippen LogP contribution in [0.15, 0.2) is 28.7 Å². The zero-order chi connectivity index (χ0) is 13.3. The van der Waals surface area contributed by atoms with Gasteiger partial charge in [-0.3, -0.25) is 0 Å². The van der Waals surface area contributed by atoms with Gasteiger partial charge in [-0.15, -0.1) is 0 Å². The van der Waals surface area contributed by atoms with E-state index in [9.17, 15) is 5.11 Å². The Hall–Kier alpha value is -1.25. The lowest BCUT2D eigenvalue weighted by atomic mass is 9.98. The molecule has 1 heterocycles. The molecule has 0 bridgehead atoms. The Morgan fingerprint density at radius 2 is 1.83 bits per heavy atom. The van der Waals surface area contributed by atoms with Gasteiger partial charge >= 0.3 is 0 Å². The van der Waals surface area contributed by atoms with E-state index in [0.717, 1.165) is 28.2 Å². The Morgan fingerprint density at radius 3 is 2.39 bits per heavy atom. The first-order valence-electron chi connectivity index (χ1n) is 5.98. The van der Waals surface area contributed by atoms with Crippen LogP contribution in [0.2, 0.25) is 5.02 Å². The van der Waals surface area contributed by atoms with Crippen LogP contribution >= 0.6 is 11.6 Å². The van der Waals surface area contributed by atoms with Crippen LogP contribution in [0, 0.1) is 20.8 Å². The van der Waals surface area contributed by atoms with Crippen LogP contribution in [-0.2, 0) is 6.42 Å². The summed E-state index contributed by atoms with van der Waals surface area (Å²) < 4.78 is 5.54. The van der Waals surface area contributed by atoms with Crippen LogP contribution in [0.1, 0.15) is 34.3 Å². The summed E-state index contributed by atoms with van der Waals surface area (Å²) in [5.74, 6) is 1.64. The number of halogens is 1. The lowest BCUT2D eigenvalue weighted by Gasteiger charge is -2.12. The van der Waals surface area contributed by atoms with Crippen molar-refractivity contribution < 1.29 is 9.52 Å². The van der Waals surface area contributed by atoms with Crippen LogP contribution < -0.4 is 0 Å². The van der Waals surface area contributed by atoms with Crippen molar-refractivity contribution in [2.24, 2.45) is 0 Å². The number of benzene rings is 1. The Morgan fingerprint density at radius 1 is 1.17 bits per heavy atom. The fourth-order valence-electron chi connectivity index (χ4n) is 2.27. The largest absolute Gasteiger partial charge is 0.466 e. The van der Waals surface area contributed by atoms with E-state index in [1.165, 1.54) is 0 Å². The minimum absolute atomic E-state index is 0.500. The second-order valence-corrected chi connectivity index (χ2v) is 4.97. The number of rotatable bonds is 3. The van der Waals surface area contributed by atoms with Crippen LogP contribution in [0.25, 0.3) is 0 Å². The second-order valence-electron chi connectivity index (χ2n) is 4.56. The molecule has 1 aromatic heterocycles. The first-order chi connectivity index (χ1) is 8.50. The molecule has 2 aromatic rings. The minimum Gasteiger partial charge on any atom is -0.466 e. The van der Waals surface area contributed by atoms with Crippen LogP contribution in [0.4, 0.5) is 0 Å². The molecule has 2 nitrogen and oxygen atoms in total. The van der Waals surface area contributed by atoms with Gasteiger partial charge < -0.3 is 9.52 Å². The average Bonchev–Trinajstić information content (AvgIpc) is 2.56. The van der Waals surface area contributed by atoms with E-state index in [1.807, 2.05) is 45.0 Å². The summed E-state index contributed by atoms with van der Waals surface area (Å²) in [7, 11) is 0. The Kier molecular flexibility index (Phi) is 3.79. The van der Waals surface area contributed by atoms with Gasteiger partial charge in [-0.1, -0.05) is 29.8 Å². The molecule has 2 rings (SSSR count). The zero-order valence-corrected chi connectivity index (χ0v) is 11.6. The minimum atomic E-state index is -0.581. The maximum Gasteiger partial charge on any atom is 0.107 e. The molecule has 0 fully saturated rings. The van der Waals surface area contributed by atoms with Crippen molar-refractivity contribution in [3.8, 4) is 0 Å². The number of aliphatic hydroxyl groups is 1. The van der Waals surface area contributed by atoms with Gasteiger partial charge in [-0.05, 0) is 38.0 Å². The Balaban J connectivity index is 2.28. The van der Waals surface area contributed by atoms with Gasteiger partial charge in [0.2, 0.25) is 0 Å². The molecular weight excluding hydrogens is 248 g/mol. The highest BCUT2D eigenvalue weighted by Crippen LogP contribution is 2.30. The number of aryl methyl sites for hydroxylation is 2. The van der Waals surface area contributed by atoms with Gasteiger partial charge in [0.25, 0.3) is 0 Å². The maximum atomic E-state index is 10.4. The van der Waals surface area contributed by atoms with Crippen molar-refractivity contribution in [2.75, 3.05) is 0 Å². The van der Waals surface area contributed by atoms with Gasteiger partial charge in [0.15, 0.2) is 0 Å². The molecule has 1 aromatic carbocycles. The quantitative estimate of drug-likeness (QED) is 0.904. The monoisotopic (exact) mass is 264 g/mol. The molecule has 0 aliphatic heterocycles. The van der Waals surface area contributed by atoms with E-state index in [4.69, 9.17) is 16.0 Å². The smallest absolute Gasteiger partial charge is 0.107 e. The molecule has 1 N–H and O–H groups in total. The van der Waals surface area contributed by atoms with Crippen molar-refractivity contribution >= 4 is 11.6 Å². The number of furan rings is 1. The van der Waals surface area contributed by atoms with Crippen molar-refractivity contribution in [2.45, 2.75) is 33.3 Å². The SMILES string of the molecule is Cc1oc(C)c(C(O)Cc2ccccc2Cl)c1C. The predicted molar refractivity (Wildman–Crippen MR) is 73.0 cm³/mol. The molecule has 0 saturated heterocycles. The van der Waals surface area contributed by atoms with Gasteiger partial charge in [-0.2, -0.15) is 0 Å². The summed E-state index contributed by atoms with van der Waals surface area (Å²) >= 11 is 6.11. The fraction of sp³-hybridized carbons (Fsp3) is 0.333. The maximum absolute atomic E-state index is 10.4. The third-order valence-corrected chi connectivity index (χ3v) is 3.69. The molecule has 3 heteroatoms. The van der Waals surface area contributed by atoms with Gasteiger partial charge in [0.05, 0.1) is 6.10 Å². The molecule has 0 saturated carbocycles. The van der Waals surface area contributed by atoms with E-state index in [1.54, 1.807) is 0 Å². The van der Waals surface area contributed by atoms with Crippen molar-refractivity contribution in [1.82, 2.24) is 0 Å². The number of aliphatic hydroxyl groups excluding tert-OH is 1. The van der Waals surface area contributed by atoms with E-state index >= 15 is 0 Å². The summed E-state index contributed by atoms with van der Waals surface area (Å²) in [5.41, 5.74) is 2.85. The molecule has 1 atom stereocenters. The van der Waals surface area contributed by atoms with Crippen LogP contribution in [0.5, 0.6) is 0 Å². The number of hydrogen-bond donors (Lipinski definition) is 1. The van der Waals surface area contributed by atoms with Gasteiger partial charge in [0, 0.05) is 17.0 Å². The fourth-order valence-corrected chi connectivity index (χ4v) is 2.49. The van der Waals surface area contributed by atoms with E-state index in [0.29, 0.717) is 11.4 Å². The average molecular weight is 265 g/mol. The summed E-state index contributed by atoms with van der Waals surface area (Å²) in [5, 5.41) is 11.0. The third-order valence-electron chi connectivity index (χ3n) is 3.32. The standard InChI is InChI=1S/C15H17ClO2/c1-9-10(2)18-11(3)15(9)14(17)8-12-6-4-5-7-13(12)16/h4-7,14,17H,8H2,1-3H3. The van der Waals surface area contributed by atoms with Crippen molar-refractivity contribution in [3.63, 3.8) is 0 Å². The summed E-state index contributed by atoms with van der Waals surface area (Å²) in [6.45, 7) is 5.76. The Bertz CT molecular complexity index is 558. The van der Waals surface area contributed by atoms with Crippen molar-refractivity contribution in [1.29, 1.82) is 0 Å². The molecule has 96 valence electrons. The molecule has 18 heavy (non-hydrogen) atoms. The van der Waals surface area contributed by atoms with Crippen LogP contribution in [0.3, 0.4) is 0 Å². The second kappa shape index (κ2) is 5.17. The lowest BCUT2D eigenvalue weighted by Crippen LogP contribution is -2.04. The van der Waals surface area contributed by atoms with Crippen LogP contribution in [-0.4, -0.2) is 5.11 Å². The molecule has 0 aliphatic carbocycles. The normalized spacial score (nSPS) is 12.7. The summed E-state index contributed by atoms with van der Waals surface area (Å²) in [4.78, 5) is 0. The number of hydrogen-bond acceptors (Lipinski definition) is 2. The molecule has 0 aliphatic rings. The lowest BCUT2D eigenvalue weighted by molar-refractivity contribution is 0.176. The molecule has 1 unspecified atom stereocenters. The van der Waals surface area contributed by atoms with Gasteiger partial charge in [0.1, 0.15) is 11.5 Å². The summed E-state index contributed by atoms with van der Waals surface area (Å²) in [6, 6.07) is 7.58. The highest BCUT2D eigenvalue weighted by Gasteiger charge is 2.19. The molecular formula is C15H17ClO2. The predicted octanol–water partition coefficient (Wildman–Crippen LogP) is 4.13. The molecule has 0 amide bonds. The van der Waals surface area contributed by atoms with E-state index in [-0.39, 0.29) is 0 Å². The zero-order valence-electron chi connectivity index (χ0n) is 10.8. The first-order valence-corrected chi connectivity index (χ1v) is 6.36. The highest BCUT2D eigenvalue weighted by molar-refractivity contribution is 6.31. The Labute approximate surface area is 112 Å². The van der Waals surface area contributed by atoms with E-state index in [2.05, 4.69) is 0 Å². The molecule has 0 spiro atoms. The van der Waals surface area contributed by atoms with Crippen molar-refractivity contribution in [3.05, 3.63) is 57.5 Å². The topological polar surface area (TPSA) is 33.4 Å². The summed E-state index contributed by atoms with van der Waals surface area (Å²) in [6.07, 6.45) is -0.0808. The highest BCUT2D eigenvalue weighted by atomic mass is 35.5. The third kappa shape index (κ3) is 2.45. The molecule has 0 radical (unpaired) electrons. The van der Waals surface area contributed by atoms with E-state index < -0.39 is 6.10 Å².